The SMILES string of the molecule is COC(=O)c1ncc(-c2cccc(F)c2)[nH]1. The summed E-state index contributed by atoms with van der Waals surface area (Å²) in [5, 5.41) is 0. The van der Waals surface area contributed by atoms with Crippen LogP contribution in [0.4, 0.5) is 4.39 Å². The molecule has 2 aromatic rings. The highest BCUT2D eigenvalue weighted by molar-refractivity contribution is 5.86. The maximum atomic E-state index is 13.0. The van der Waals surface area contributed by atoms with Crippen molar-refractivity contribution in [2.45, 2.75) is 0 Å². The van der Waals surface area contributed by atoms with Gasteiger partial charge in [-0.15, -0.1) is 0 Å². The van der Waals surface area contributed by atoms with Crippen molar-refractivity contribution in [2.75, 3.05) is 7.11 Å². The molecule has 5 heteroatoms. The van der Waals surface area contributed by atoms with E-state index < -0.39 is 5.97 Å². The molecule has 2 rings (SSSR count). The van der Waals surface area contributed by atoms with Crippen LogP contribution < -0.4 is 0 Å². The van der Waals surface area contributed by atoms with E-state index in [1.807, 2.05) is 0 Å². The molecule has 0 saturated carbocycles. The number of imidazole rings is 1. The number of halogens is 1. The molecule has 0 saturated heterocycles. The highest BCUT2D eigenvalue weighted by Gasteiger charge is 2.10. The van der Waals surface area contributed by atoms with Crippen molar-refractivity contribution in [3.8, 4) is 11.3 Å². The van der Waals surface area contributed by atoms with Crippen LogP contribution in [-0.4, -0.2) is 23.0 Å². The van der Waals surface area contributed by atoms with Crippen molar-refractivity contribution in [1.82, 2.24) is 9.97 Å². The van der Waals surface area contributed by atoms with E-state index in [0.717, 1.165) is 0 Å². The van der Waals surface area contributed by atoms with Gasteiger partial charge in [0.05, 0.1) is 19.0 Å². The Kier molecular flexibility index (Phi) is 2.68. The molecule has 0 spiro atoms. The number of carbonyl (C=O) groups excluding carboxylic acids is 1. The number of methoxy groups -OCH3 is 1. The van der Waals surface area contributed by atoms with E-state index in [-0.39, 0.29) is 11.6 Å². The van der Waals surface area contributed by atoms with Gasteiger partial charge in [0.1, 0.15) is 5.82 Å². The number of aromatic amines is 1. The fourth-order valence-electron chi connectivity index (χ4n) is 1.32. The molecule has 0 aliphatic carbocycles. The van der Waals surface area contributed by atoms with Gasteiger partial charge in [0.25, 0.3) is 0 Å². The third-order valence-electron chi connectivity index (χ3n) is 2.09. The van der Waals surface area contributed by atoms with Crippen molar-refractivity contribution < 1.29 is 13.9 Å². The topological polar surface area (TPSA) is 55.0 Å². The van der Waals surface area contributed by atoms with Gasteiger partial charge in [-0.1, -0.05) is 12.1 Å². The minimum atomic E-state index is -0.553. The molecule has 0 unspecified atom stereocenters. The van der Waals surface area contributed by atoms with E-state index in [1.54, 1.807) is 12.1 Å². The molecule has 82 valence electrons. The maximum absolute atomic E-state index is 13.0. The molecule has 1 aromatic heterocycles. The lowest BCUT2D eigenvalue weighted by Crippen LogP contribution is -2.03. The highest BCUT2D eigenvalue weighted by Crippen LogP contribution is 2.17. The van der Waals surface area contributed by atoms with E-state index in [9.17, 15) is 9.18 Å². The van der Waals surface area contributed by atoms with Gasteiger partial charge in [0.15, 0.2) is 0 Å². The zero-order valence-electron chi connectivity index (χ0n) is 8.53. The normalized spacial score (nSPS) is 10.1. The zero-order valence-corrected chi connectivity index (χ0v) is 8.53. The number of nitrogens with one attached hydrogen (secondary N) is 1. The molecule has 1 heterocycles. The van der Waals surface area contributed by atoms with E-state index in [4.69, 9.17) is 0 Å². The number of ether oxygens (including phenoxy) is 1. The first-order chi connectivity index (χ1) is 7.70. The minimum absolute atomic E-state index is 0.0989. The summed E-state index contributed by atoms with van der Waals surface area (Å²) in [6.45, 7) is 0. The Morgan fingerprint density at radius 1 is 1.50 bits per heavy atom. The van der Waals surface area contributed by atoms with Crippen LogP contribution in [0.5, 0.6) is 0 Å². The number of H-pyrrole nitrogens is 1. The average Bonchev–Trinajstić information content (AvgIpc) is 2.77. The van der Waals surface area contributed by atoms with Crippen LogP contribution in [-0.2, 0) is 4.74 Å². The van der Waals surface area contributed by atoms with Crippen LogP contribution in [0.25, 0.3) is 11.3 Å². The Balaban J connectivity index is 2.35. The van der Waals surface area contributed by atoms with E-state index >= 15 is 0 Å². The van der Waals surface area contributed by atoms with Gasteiger partial charge in [-0.25, -0.2) is 14.2 Å². The summed E-state index contributed by atoms with van der Waals surface area (Å²) in [7, 11) is 1.27. The van der Waals surface area contributed by atoms with Crippen LogP contribution in [0, 0.1) is 5.82 Å². The third-order valence-corrected chi connectivity index (χ3v) is 2.09. The van der Waals surface area contributed by atoms with Gasteiger partial charge in [-0.3, -0.25) is 0 Å². The Morgan fingerprint density at radius 2 is 2.31 bits per heavy atom. The van der Waals surface area contributed by atoms with Gasteiger partial charge in [-0.2, -0.15) is 0 Å². The van der Waals surface area contributed by atoms with Crippen LogP contribution in [0.3, 0.4) is 0 Å². The van der Waals surface area contributed by atoms with Crippen LogP contribution in [0.15, 0.2) is 30.5 Å². The number of rotatable bonds is 2. The molecule has 1 aromatic carbocycles. The summed E-state index contributed by atoms with van der Waals surface area (Å²) in [6, 6.07) is 6.01. The van der Waals surface area contributed by atoms with Crippen molar-refractivity contribution in [3.63, 3.8) is 0 Å². The molecular weight excluding hydrogens is 211 g/mol. The van der Waals surface area contributed by atoms with Crippen molar-refractivity contribution >= 4 is 5.97 Å². The zero-order chi connectivity index (χ0) is 11.5. The second-order valence-electron chi connectivity index (χ2n) is 3.15. The first kappa shape index (κ1) is 10.4. The molecule has 0 fully saturated rings. The number of esters is 1. The number of nitrogens with zero attached hydrogens (tertiary/aromatic N) is 1. The third kappa shape index (κ3) is 1.93. The number of carbonyl (C=O) groups is 1. The molecule has 0 atom stereocenters. The number of hydrogen-bond donors (Lipinski definition) is 1. The molecule has 0 aliphatic heterocycles. The first-order valence-corrected chi connectivity index (χ1v) is 4.60. The second kappa shape index (κ2) is 4.14. The van der Waals surface area contributed by atoms with Gasteiger partial charge >= 0.3 is 5.97 Å². The first-order valence-electron chi connectivity index (χ1n) is 4.60. The highest BCUT2D eigenvalue weighted by atomic mass is 19.1. The van der Waals surface area contributed by atoms with E-state index in [1.165, 1.54) is 25.4 Å². The lowest BCUT2D eigenvalue weighted by molar-refractivity contribution is 0.0588. The lowest BCUT2D eigenvalue weighted by Gasteiger charge is -1.97. The largest absolute Gasteiger partial charge is 0.463 e. The second-order valence-corrected chi connectivity index (χ2v) is 3.15. The average molecular weight is 220 g/mol. The van der Waals surface area contributed by atoms with Gasteiger partial charge < -0.3 is 9.72 Å². The molecular formula is C11H9FN2O2. The van der Waals surface area contributed by atoms with Crippen LogP contribution >= 0.6 is 0 Å². The standard InChI is InChI=1S/C11H9FN2O2/c1-16-11(15)10-13-6-9(14-10)7-3-2-4-8(12)5-7/h2-6H,1H3,(H,13,14). The van der Waals surface area contributed by atoms with Crippen LogP contribution in [0.2, 0.25) is 0 Å². The predicted molar refractivity (Wildman–Crippen MR) is 55.3 cm³/mol. The van der Waals surface area contributed by atoms with Crippen molar-refractivity contribution in [3.05, 3.63) is 42.1 Å². The quantitative estimate of drug-likeness (QED) is 0.787. The Labute approximate surface area is 91.1 Å². The molecule has 1 N–H and O–H groups in total. The van der Waals surface area contributed by atoms with Gasteiger partial charge in [-0.05, 0) is 12.1 Å². The Bertz CT molecular complexity index is 522. The van der Waals surface area contributed by atoms with E-state index in [0.29, 0.717) is 11.3 Å². The van der Waals surface area contributed by atoms with Gasteiger partial charge in [0.2, 0.25) is 5.82 Å². The monoisotopic (exact) mass is 220 g/mol. The number of aromatic nitrogens is 2. The van der Waals surface area contributed by atoms with Crippen molar-refractivity contribution in [2.24, 2.45) is 0 Å². The molecule has 4 nitrogen and oxygen atoms in total. The smallest absolute Gasteiger partial charge is 0.374 e. The number of benzene rings is 1. The van der Waals surface area contributed by atoms with Crippen LogP contribution in [0.1, 0.15) is 10.6 Å². The summed E-state index contributed by atoms with van der Waals surface area (Å²) in [6.07, 6.45) is 1.46. The summed E-state index contributed by atoms with van der Waals surface area (Å²) < 4.78 is 17.5. The molecule has 0 bridgehead atoms. The Morgan fingerprint density at radius 3 is 3.00 bits per heavy atom. The fourth-order valence-corrected chi connectivity index (χ4v) is 1.32. The maximum Gasteiger partial charge on any atom is 0.374 e. The molecule has 16 heavy (non-hydrogen) atoms. The molecule has 0 radical (unpaired) electrons. The molecule has 0 aliphatic rings. The summed E-state index contributed by atoms with van der Waals surface area (Å²) in [5.41, 5.74) is 1.20. The Hall–Kier alpha value is -2.17. The lowest BCUT2D eigenvalue weighted by atomic mass is 10.2. The summed E-state index contributed by atoms with van der Waals surface area (Å²) >= 11 is 0. The number of hydrogen-bond acceptors (Lipinski definition) is 3. The van der Waals surface area contributed by atoms with Gasteiger partial charge in [0, 0.05) is 5.56 Å². The minimum Gasteiger partial charge on any atom is -0.463 e. The van der Waals surface area contributed by atoms with E-state index in [2.05, 4.69) is 14.7 Å². The predicted octanol–water partition coefficient (Wildman–Crippen LogP) is 2.00. The summed E-state index contributed by atoms with van der Waals surface area (Å²) in [5.74, 6) is -0.795. The molecule has 0 amide bonds. The summed E-state index contributed by atoms with van der Waals surface area (Å²) in [4.78, 5) is 17.7. The fraction of sp³-hybridized carbons (Fsp3) is 0.0909. The van der Waals surface area contributed by atoms with Crippen molar-refractivity contribution in [1.29, 1.82) is 0 Å².